The average Bonchev–Trinajstić information content (AvgIpc) is 1.65. The lowest BCUT2D eigenvalue weighted by atomic mass is 10.4. The van der Waals surface area contributed by atoms with Crippen molar-refractivity contribution in [1.29, 1.82) is 0 Å². The van der Waals surface area contributed by atoms with Crippen LogP contribution in [0.4, 0.5) is 0 Å². The van der Waals surface area contributed by atoms with Gasteiger partial charge in [-0.3, -0.25) is 4.21 Å². The van der Waals surface area contributed by atoms with Crippen molar-refractivity contribution in [2.24, 2.45) is 0 Å². The maximum Gasteiger partial charge on any atom is 0.0383 e. The highest BCUT2D eigenvalue weighted by Gasteiger charge is 1.97. The third kappa shape index (κ3) is 4.27. The van der Waals surface area contributed by atoms with Gasteiger partial charge < -0.3 is 5.32 Å². The standard InChI is InChI=1S/C5H13NOS/c1-5(6-2)4-8(3)7/h5-6H,4H2,1-3H3/t5-,8-/m1/s1. The highest BCUT2D eigenvalue weighted by atomic mass is 32.2. The quantitative estimate of drug-likeness (QED) is 0.589. The number of hydrogen-bond donors (Lipinski definition) is 1. The molecule has 0 rings (SSSR count). The molecule has 0 aliphatic rings. The normalized spacial score (nSPS) is 17.9. The molecular weight excluding hydrogens is 122 g/mol. The molecule has 0 aliphatic heterocycles. The molecule has 0 aromatic carbocycles. The van der Waals surface area contributed by atoms with E-state index in [4.69, 9.17) is 0 Å². The smallest absolute Gasteiger partial charge is 0.0383 e. The van der Waals surface area contributed by atoms with Crippen LogP contribution in [0.3, 0.4) is 0 Å². The van der Waals surface area contributed by atoms with Crippen LogP contribution in [-0.2, 0) is 10.8 Å². The van der Waals surface area contributed by atoms with Crippen LogP contribution < -0.4 is 5.32 Å². The van der Waals surface area contributed by atoms with Gasteiger partial charge in [0.05, 0.1) is 0 Å². The molecule has 0 saturated carbocycles. The van der Waals surface area contributed by atoms with Crippen molar-refractivity contribution in [3.63, 3.8) is 0 Å². The molecule has 0 aromatic heterocycles. The first kappa shape index (κ1) is 8.11. The SMILES string of the molecule is CN[C@H](C)C[S@@](C)=O. The summed E-state index contributed by atoms with van der Waals surface area (Å²) >= 11 is 0. The van der Waals surface area contributed by atoms with Crippen molar-refractivity contribution in [3.8, 4) is 0 Å². The van der Waals surface area contributed by atoms with E-state index in [1.807, 2.05) is 14.0 Å². The molecule has 2 nitrogen and oxygen atoms in total. The maximum atomic E-state index is 10.5. The summed E-state index contributed by atoms with van der Waals surface area (Å²) in [6.07, 6.45) is 1.72. The van der Waals surface area contributed by atoms with Gasteiger partial charge in [0.1, 0.15) is 0 Å². The van der Waals surface area contributed by atoms with Gasteiger partial charge in [0.15, 0.2) is 0 Å². The van der Waals surface area contributed by atoms with Crippen LogP contribution in [0.25, 0.3) is 0 Å². The van der Waals surface area contributed by atoms with E-state index >= 15 is 0 Å². The lowest BCUT2D eigenvalue weighted by Gasteiger charge is -2.05. The number of rotatable bonds is 3. The molecule has 0 spiro atoms. The van der Waals surface area contributed by atoms with E-state index in [-0.39, 0.29) is 0 Å². The zero-order valence-corrected chi connectivity index (χ0v) is 6.42. The Balaban J connectivity index is 3.24. The summed E-state index contributed by atoms with van der Waals surface area (Å²) in [5.41, 5.74) is 0. The Morgan fingerprint density at radius 3 is 2.38 bits per heavy atom. The van der Waals surface area contributed by atoms with Crippen LogP contribution in [-0.4, -0.2) is 29.3 Å². The van der Waals surface area contributed by atoms with Crippen molar-refractivity contribution in [1.82, 2.24) is 5.32 Å². The first-order chi connectivity index (χ1) is 3.66. The molecule has 1 N–H and O–H groups in total. The van der Waals surface area contributed by atoms with Gasteiger partial charge in [-0.1, -0.05) is 0 Å². The van der Waals surface area contributed by atoms with Gasteiger partial charge in [-0.15, -0.1) is 0 Å². The average molecular weight is 135 g/mol. The molecule has 3 heteroatoms. The molecule has 0 radical (unpaired) electrons. The zero-order chi connectivity index (χ0) is 6.57. The van der Waals surface area contributed by atoms with Crippen molar-refractivity contribution in [2.45, 2.75) is 13.0 Å². The Bertz CT molecular complexity index is 84.5. The largest absolute Gasteiger partial charge is 0.316 e. The third-order valence-corrected chi connectivity index (χ3v) is 1.95. The molecule has 0 amide bonds. The fourth-order valence-electron chi connectivity index (χ4n) is 0.435. The van der Waals surface area contributed by atoms with Crippen LogP contribution in [0.5, 0.6) is 0 Å². The second kappa shape index (κ2) is 4.04. The van der Waals surface area contributed by atoms with Crippen molar-refractivity contribution in [2.75, 3.05) is 19.1 Å². The molecule has 50 valence electrons. The van der Waals surface area contributed by atoms with E-state index in [1.165, 1.54) is 0 Å². The second-order valence-electron chi connectivity index (χ2n) is 1.93. The molecular formula is C5H13NOS. The van der Waals surface area contributed by atoms with Gasteiger partial charge >= 0.3 is 0 Å². The zero-order valence-electron chi connectivity index (χ0n) is 5.60. The molecule has 8 heavy (non-hydrogen) atoms. The Kier molecular flexibility index (Phi) is 4.09. The lowest BCUT2D eigenvalue weighted by molar-refractivity contribution is 0.649. The lowest BCUT2D eigenvalue weighted by Crippen LogP contribution is -2.26. The minimum atomic E-state index is -0.658. The Hall–Kier alpha value is 0.110. The van der Waals surface area contributed by atoms with E-state index < -0.39 is 10.8 Å². The van der Waals surface area contributed by atoms with Gasteiger partial charge in [0, 0.05) is 28.9 Å². The highest BCUT2D eigenvalue weighted by Crippen LogP contribution is 1.81. The number of nitrogens with one attached hydrogen (secondary N) is 1. The van der Waals surface area contributed by atoms with E-state index in [0.29, 0.717) is 6.04 Å². The van der Waals surface area contributed by atoms with Crippen LogP contribution in [0.15, 0.2) is 0 Å². The van der Waals surface area contributed by atoms with Crippen molar-refractivity contribution in [3.05, 3.63) is 0 Å². The first-order valence-electron chi connectivity index (χ1n) is 2.64. The highest BCUT2D eigenvalue weighted by molar-refractivity contribution is 7.84. The Morgan fingerprint density at radius 1 is 1.75 bits per heavy atom. The Labute approximate surface area is 53.1 Å². The summed E-state index contributed by atoms with van der Waals surface area (Å²) in [6, 6.07) is 0.376. The minimum absolute atomic E-state index is 0.376. The van der Waals surface area contributed by atoms with E-state index in [2.05, 4.69) is 5.32 Å². The summed E-state index contributed by atoms with van der Waals surface area (Å²) in [6.45, 7) is 2.02. The van der Waals surface area contributed by atoms with Crippen LogP contribution in [0.1, 0.15) is 6.92 Å². The maximum absolute atomic E-state index is 10.5. The molecule has 2 atom stereocenters. The van der Waals surface area contributed by atoms with Crippen LogP contribution in [0, 0.1) is 0 Å². The molecule has 0 aliphatic carbocycles. The van der Waals surface area contributed by atoms with Gasteiger partial charge in [-0.05, 0) is 14.0 Å². The molecule has 0 unspecified atom stereocenters. The molecule has 0 saturated heterocycles. The monoisotopic (exact) mass is 135 g/mol. The number of hydrogen-bond acceptors (Lipinski definition) is 2. The Morgan fingerprint density at radius 2 is 2.25 bits per heavy atom. The van der Waals surface area contributed by atoms with E-state index in [0.717, 1.165) is 5.75 Å². The first-order valence-corrected chi connectivity index (χ1v) is 4.37. The van der Waals surface area contributed by atoms with Gasteiger partial charge in [-0.2, -0.15) is 0 Å². The minimum Gasteiger partial charge on any atom is -0.316 e. The summed E-state index contributed by atoms with van der Waals surface area (Å²) in [5.74, 6) is 0.747. The fourth-order valence-corrected chi connectivity index (χ4v) is 1.31. The molecule has 0 bridgehead atoms. The van der Waals surface area contributed by atoms with Crippen LogP contribution >= 0.6 is 0 Å². The van der Waals surface area contributed by atoms with Gasteiger partial charge in [-0.25, -0.2) is 0 Å². The van der Waals surface area contributed by atoms with E-state index in [9.17, 15) is 4.21 Å². The molecule has 0 aromatic rings. The third-order valence-electron chi connectivity index (χ3n) is 0.978. The van der Waals surface area contributed by atoms with Crippen LogP contribution in [0.2, 0.25) is 0 Å². The predicted octanol–water partition coefficient (Wildman–Crippen LogP) is -0.0272. The molecule has 0 heterocycles. The summed E-state index contributed by atoms with van der Waals surface area (Å²) in [4.78, 5) is 0. The predicted molar refractivity (Wildman–Crippen MR) is 37.5 cm³/mol. The van der Waals surface area contributed by atoms with Gasteiger partial charge in [0.25, 0.3) is 0 Å². The second-order valence-corrected chi connectivity index (χ2v) is 3.41. The summed E-state index contributed by atoms with van der Waals surface area (Å²) in [5, 5.41) is 3.00. The van der Waals surface area contributed by atoms with Gasteiger partial charge in [0.2, 0.25) is 0 Å². The van der Waals surface area contributed by atoms with Crippen molar-refractivity contribution >= 4 is 10.8 Å². The summed E-state index contributed by atoms with van der Waals surface area (Å²) < 4.78 is 10.5. The topological polar surface area (TPSA) is 29.1 Å². The fraction of sp³-hybridized carbons (Fsp3) is 1.00. The summed E-state index contributed by atoms with van der Waals surface area (Å²) in [7, 11) is 1.21. The van der Waals surface area contributed by atoms with Crippen molar-refractivity contribution < 1.29 is 4.21 Å². The molecule has 0 fully saturated rings. The van der Waals surface area contributed by atoms with E-state index in [1.54, 1.807) is 6.26 Å².